The Morgan fingerprint density at radius 2 is 1.84 bits per heavy atom. The third-order valence-corrected chi connectivity index (χ3v) is 6.39. The first-order valence-electron chi connectivity index (χ1n) is 5.59. The van der Waals surface area contributed by atoms with Crippen molar-refractivity contribution in [2.75, 3.05) is 12.3 Å². The van der Waals surface area contributed by atoms with E-state index in [2.05, 4.69) is 38.4 Å². The minimum atomic E-state index is -3.63. The van der Waals surface area contributed by atoms with Gasteiger partial charge in [0.1, 0.15) is 4.90 Å². The van der Waals surface area contributed by atoms with Crippen molar-refractivity contribution in [1.82, 2.24) is 4.31 Å². The molecule has 0 radical (unpaired) electrons. The molecule has 0 saturated carbocycles. The summed E-state index contributed by atoms with van der Waals surface area (Å²) < 4.78 is 27.6. The second-order valence-corrected chi connectivity index (χ2v) is 7.81. The maximum absolute atomic E-state index is 12.7. The second kappa shape index (κ2) is 6.39. The molecule has 0 atom stereocenters. The van der Waals surface area contributed by atoms with Gasteiger partial charge >= 0.3 is 0 Å². The third kappa shape index (κ3) is 3.59. The summed E-state index contributed by atoms with van der Waals surface area (Å²) in [6.07, 6.45) is 1.57. The number of hydrogen-bond donors (Lipinski definition) is 1. The summed E-state index contributed by atoms with van der Waals surface area (Å²) in [5.74, 6) is 0. The summed E-state index contributed by atoms with van der Waals surface area (Å²) in [6.45, 7) is 7.49. The maximum Gasteiger partial charge on any atom is 0.245 e. The highest BCUT2D eigenvalue weighted by atomic mass is 79.9. The van der Waals surface area contributed by atoms with Gasteiger partial charge in [0, 0.05) is 27.2 Å². The number of anilines is 1. The van der Waals surface area contributed by atoms with Crippen LogP contribution in [0, 0.1) is 0 Å². The average Bonchev–Trinajstić information content (AvgIpc) is 2.22. The van der Waals surface area contributed by atoms with E-state index >= 15 is 0 Å². The molecule has 0 heterocycles. The lowest BCUT2D eigenvalue weighted by Gasteiger charge is -2.25. The number of nitrogen functional groups attached to an aromatic ring is 1. The van der Waals surface area contributed by atoms with Crippen LogP contribution >= 0.6 is 31.9 Å². The van der Waals surface area contributed by atoms with Crippen molar-refractivity contribution in [2.24, 2.45) is 0 Å². The van der Waals surface area contributed by atoms with Gasteiger partial charge in [-0.05, 0) is 57.8 Å². The van der Waals surface area contributed by atoms with Crippen molar-refractivity contribution in [3.63, 3.8) is 0 Å². The third-order valence-electron chi connectivity index (χ3n) is 2.47. The minimum absolute atomic E-state index is 0.167. The molecule has 1 aromatic carbocycles. The smallest absolute Gasteiger partial charge is 0.245 e. The fourth-order valence-corrected chi connectivity index (χ4v) is 5.81. The summed E-state index contributed by atoms with van der Waals surface area (Å²) in [5, 5.41) is 0. The lowest BCUT2D eigenvalue weighted by molar-refractivity contribution is 0.382. The molecule has 0 unspecified atom stereocenters. The number of halogens is 2. The molecule has 1 aromatic rings. The van der Waals surface area contributed by atoms with E-state index in [4.69, 9.17) is 5.73 Å². The molecule has 0 bridgehead atoms. The molecule has 0 aliphatic heterocycles. The van der Waals surface area contributed by atoms with E-state index in [0.717, 1.165) is 0 Å². The molecule has 4 nitrogen and oxygen atoms in total. The van der Waals surface area contributed by atoms with Gasteiger partial charge in [-0.15, -0.1) is 6.58 Å². The van der Waals surface area contributed by atoms with Crippen molar-refractivity contribution < 1.29 is 8.42 Å². The molecule has 0 spiro atoms. The number of rotatable bonds is 5. The lowest BCUT2D eigenvalue weighted by atomic mass is 10.3. The zero-order valence-corrected chi connectivity index (χ0v) is 14.7. The Bertz CT molecular complexity index is 562. The standard InChI is InChI=1S/C12H16Br2N2O2S/c1-4-5-16(8(2)3)19(17,18)12-10(13)6-9(15)7-11(12)14/h4,6-8H,1,5,15H2,2-3H3. The Balaban J connectivity index is 3.46. The highest BCUT2D eigenvalue weighted by Crippen LogP contribution is 2.34. The van der Waals surface area contributed by atoms with Gasteiger partial charge in [0.25, 0.3) is 0 Å². The zero-order chi connectivity index (χ0) is 14.8. The first-order chi connectivity index (χ1) is 8.71. The van der Waals surface area contributed by atoms with Crippen LogP contribution in [-0.4, -0.2) is 25.3 Å². The van der Waals surface area contributed by atoms with E-state index in [1.807, 2.05) is 13.8 Å². The molecule has 0 saturated heterocycles. The Labute approximate surface area is 131 Å². The van der Waals surface area contributed by atoms with Gasteiger partial charge in [-0.1, -0.05) is 6.08 Å². The predicted octanol–water partition coefficient (Wildman–Crippen LogP) is 3.38. The average molecular weight is 412 g/mol. The second-order valence-electron chi connectivity index (χ2n) is 4.27. The number of hydrogen-bond acceptors (Lipinski definition) is 3. The molecule has 1 rings (SSSR count). The van der Waals surface area contributed by atoms with Gasteiger partial charge in [0.15, 0.2) is 0 Å². The van der Waals surface area contributed by atoms with Gasteiger partial charge < -0.3 is 5.73 Å². The normalized spacial score (nSPS) is 12.1. The Morgan fingerprint density at radius 3 is 2.21 bits per heavy atom. The number of benzene rings is 1. The van der Waals surface area contributed by atoms with E-state index in [-0.39, 0.29) is 17.5 Å². The maximum atomic E-state index is 12.7. The molecule has 106 valence electrons. The molecule has 2 N–H and O–H groups in total. The van der Waals surface area contributed by atoms with Crippen LogP contribution in [0.2, 0.25) is 0 Å². The molecular formula is C12H16Br2N2O2S. The summed E-state index contributed by atoms with van der Waals surface area (Å²) in [4.78, 5) is 0.178. The monoisotopic (exact) mass is 410 g/mol. The first kappa shape index (κ1) is 16.7. The fourth-order valence-electron chi connectivity index (χ4n) is 1.66. The zero-order valence-electron chi connectivity index (χ0n) is 10.7. The number of nitrogens with two attached hydrogens (primary N) is 1. The van der Waals surface area contributed by atoms with Crippen molar-refractivity contribution >= 4 is 47.6 Å². The Hall–Kier alpha value is -0.370. The summed E-state index contributed by atoms with van der Waals surface area (Å²) in [6, 6.07) is 2.98. The van der Waals surface area contributed by atoms with Crippen LogP contribution < -0.4 is 5.73 Å². The van der Waals surface area contributed by atoms with Crippen LogP contribution in [0.25, 0.3) is 0 Å². The SMILES string of the molecule is C=CCN(C(C)C)S(=O)(=O)c1c(Br)cc(N)cc1Br. The summed E-state index contributed by atoms with van der Waals surface area (Å²) in [5.41, 5.74) is 6.17. The quantitative estimate of drug-likeness (QED) is 0.596. The highest BCUT2D eigenvalue weighted by molar-refractivity contribution is 9.11. The van der Waals surface area contributed by atoms with Gasteiger partial charge in [-0.3, -0.25) is 0 Å². The molecule has 0 fully saturated rings. The molecular weight excluding hydrogens is 396 g/mol. The van der Waals surface area contributed by atoms with E-state index in [1.165, 1.54) is 4.31 Å². The lowest BCUT2D eigenvalue weighted by Crippen LogP contribution is -2.37. The molecule has 0 aliphatic carbocycles. The topological polar surface area (TPSA) is 63.4 Å². The van der Waals surface area contributed by atoms with Gasteiger partial charge in [-0.2, -0.15) is 4.31 Å². The van der Waals surface area contributed by atoms with Gasteiger partial charge in [0.05, 0.1) is 0 Å². The Kier molecular flexibility index (Phi) is 5.61. The van der Waals surface area contributed by atoms with E-state index in [9.17, 15) is 8.42 Å². The highest BCUT2D eigenvalue weighted by Gasteiger charge is 2.30. The van der Waals surface area contributed by atoms with Crippen LogP contribution in [0.4, 0.5) is 5.69 Å². The molecule has 19 heavy (non-hydrogen) atoms. The summed E-state index contributed by atoms with van der Waals surface area (Å²) in [7, 11) is -3.63. The van der Waals surface area contributed by atoms with Crippen molar-refractivity contribution in [3.05, 3.63) is 33.7 Å². The fraction of sp³-hybridized carbons (Fsp3) is 0.333. The van der Waals surface area contributed by atoms with Gasteiger partial charge in [0.2, 0.25) is 10.0 Å². The van der Waals surface area contributed by atoms with Crippen LogP contribution in [0.3, 0.4) is 0 Å². The van der Waals surface area contributed by atoms with E-state index in [1.54, 1.807) is 18.2 Å². The predicted molar refractivity (Wildman–Crippen MR) is 85.5 cm³/mol. The van der Waals surface area contributed by atoms with Crippen molar-refractivity contribution in [2.45, 2.75) is 24.8 Å². The van der Waals surface area contributed by atoms with Crippen molar-refractivity contribution in [3.8, 4) is 0 Å². The molecule has 0 aliphatic rings. The van der Waals surface area contributed by atoms with Crippen LogP contribution in [0.15, 0.2) is 38.6 Å². The first-order valence-corrected chi connectivity index (χ1v) is 8.61. The molecule has 7 heteroatoms. The van der Waals surface area contributed by atoms with E-state index < -0.39 is 10.0 Å². The molecule has 0 amide bonds. The largest absolute Gasteiger partial charge is 0.399 e. The van der Waals surface area contributed by atoms with Crippen LogP contribution in [0.5, 0.6) is 0 Å². The van der Waals surface area contributed by atoms with Crippen LogP contribution in [-0.2, 0) is 10.0 Å². The van der Waals surface area contributed by atoms with Gasteiger partial charge in [-0.25, -0.2) is 8.42 Å². The molecule has 0 aromatic heterocycles. The van der Waals surface area contributed by atoms with Crippen LogP contribution in [0.1, 0.15) is 13.8 Å². The number of sulfonamides is 1. The van der Waals surface area contributed by atoms with Crippen molar-refractivity contribution in [1.29, 1.82) is 0 Å². The Morgan fingerprint density at radius 1 is 1.37 bits per heavy atom. The number of nitrogens with zero attached hydrogens (tertiary/aromatic N) is 1. The van der Waals surface area contributed by atoms with E-state index in [0.29, 0.717) is 14.6 Å². The summed E-state index contributed by atoms with van der Waals surface area (Å²) >= 11 is 6.52. The minimum Gasteiger partial charge on any atom is -0.399 e.